The quantitative estimate of drug-likeness (QED) is 0.848. The van der Waals surface area contributed by atoms with Crippen LogP contribution in [0.2, 0.25) is 0 Å². The zero-order chi connectivity index (χ0) is 13.6. The summed E-state index contributed by atoms with van der Waals surface area (Å²) in [6, 6.07) is 3.76. The Morgan fingerprint density at radius 1 is 1.37 bits per heavy atom. The molecule has 1 heterocycles. The molecule has 1 aliphatic rings. The first-order valence-electron chi connectivity index (χ1n) is 7.00. The Morgan fingerprint density at radius 3 is 2.89 bits per heavy atom. The van der Waals surface area contributed by atoms with Gasteiger partial charge in [0, 0.05) is 12.1 Å². The van der Waals surface area contributed by atoms with E-state index < -0.39 is 0 Å². The topological polar surface area (TPSA) is 43.8 Å². The highest BCUT2D eigenvalue weighted by Crippen LogP contribution is 2.36. The van der Waals surface area contributed by atoms with Gasteiger partial charge in [-0.05, 0) is 37.3 Å². The molecule has 19 heavy (non-hydrogen) atoms. The smallest absolute Gasteiger partial charge is 0.201 e. The molecular formula is C15H20FN3. The Kier molecular flexibility index (Phi) is 2.96. The van der Waals surface area contributed by atoms with E-state index in [9.17, 15) is 4.39 Å². The molecule has 1 aromatic carbocycles. The number of fused-ring (bicyclic) bond motifs is 1. The lowest BCUT2D eigenvalue weighted by molar-refractivity contribution is 0.289. The number of nitrogens with zero attached hydrogens (tertiary/aromatic N) is 2. The van der Waals surface area contributed by atoms with Crippen molar-refractivity contribution < 1.29 is 4.39 Å². The number of aromatic nitrogens is 2. The lowest BCUT2D eigenvalue weighted by atomic mass is 9.87. The van der Waals surface area contributed by atoms with Crippen molar-refractivity contribution in [2.75, 3.05) is 5.73 Å². The summed E-state index contributed by atoms with van der Waals surface area (Å²) < 4.78 is 15.7. The molecule has 102 valence electrons. The number of aryl methyl sites for hydroxylation is 1. The van der Waals surface area contributed by atoms with Crippen LogP contribution in [-0.4, -0.2) is 9.55 Å². The SMILES string of the molecule is Cc1cc2c(cc1F)nc(N)n2C1CCCC(C)C1. The third kappa shape index (κ3) is 2.09. The van der Waals surface area contributed by atoms with Crippen molar-refractivity contribution in [3.63, 3.8) is 0 Å². The van der Waals surface area contributed by atoms with Gasteiger partial charge in [-0.15, -0.1) is 0 Å². The Labute approximate surface area is 112 Å². The largest absolute Gasteiger partial charge is 0.369 e. The fourth-order valence-electron chi connectivity index (χ4n) is 3.26. The summed E-state index contributed by atoms with van der Waals surface area (Å²) in [5.41, 5.74) is 8.34. The van der Waals surface area contributed by atoms with Gasteiger partial charge in [0.15, 0.2) is 0 Å². The standard InChI is InChI=1S/C15H20FN3/c1-9-4-3-5-11(6-9)19-14-7-10(2)12(16)8-13(14)18-15(19)17/h7-9,11H,3-6H2,1-2H3,(H2,17,18). The maximum Gasteiger partial charge on any atom is 0.201 e. The first-order valence-corrected chi connectivity index (χ1v) is 7.00. The number of anilines is 1. The minimum Gasteiger partial charge on any atom is -0.369 e. The molecule has 0 aliphatic heterocycles. The number of nitrogen functional groups attached to an aromatic ring is 1. The van der Waals surface area contributed by atoms with Gasteiger partial charge in [0.1, 0.15) is 5.82 Å². The van der Waals surface area contributed by atoms with Crippen molar-refractivity contribution >= 4 is 17.0 Å². The molecule has 0 saturated heterocycles. The van der Waals surface area contributed by atoms with Crippen molar-refractivity contribution in [3.8, 4) is 0 Å². The third-order valence-corrected chi connectivity index (χ3v) is 4.27. The van der Waals surface area contributed by atoms with Gasteiger partial charge in [-0.1, -0.05) is 19.8 Å². The fourth-order valence-corrected chi connectivity index (χ4v) is 3.26. The van der Waals surface area contributed by atoms with Crippen LogP contribution in [0.25, 0.3) is 11.0 Å². The summed E-state index contributed by atoms with van der Waals surface area (Å²) in [5, 5.41) is 0. The molecule has 0 amide bonds. The number of hydrogen-bond donors (Lipinski definition) is 1. The summed E-state index contributed by atoms with van der Waals surface area (Å²) in [4.78, 5) is 4.32. The molecule has 0 spiro atoms. The third-order valence-electron chi connectivity index (χ3n) is 4.27. The molecule has 1 aromatic heterocycles. The molecular weight excluding hydrogens is 241 g/mol. The Morgan fingerprint density at radius 2 is 2.16 bits per heavy atom. The van der Waals surface area contributed by atoms with Gasteiger partial charge in [0.25, 0.3) is 0 Å². The summed E-state index contributed by atoms with van der Waals surface area (Å²) in [6.07, 6.45) is 4.78. The predicted octanol–water partition coefficient (Wildman–Crippen LogP) is 3.82. The molecule has 2 aromatic rings. The van der Waals surface area contributed by atoms with Crippen molar-refractivity contribution in [1.82, 2.24) is 9.55 Å². The maximum atomic E-state index is 13.6. The second-order valence-electron chi connectivity index (χ2n) is 5.86. The first-order chi connectivity index (χ1) is 9.06. The van der Waals surface area contributed by atoms with Crippen molar-refractivity contribution in [2.45, 2.75) is 45.6 Å². The molecule has 1 saturated carbocycles. The Bertz CT molecular complexity index is 617. The molecule has 0 radical (unpaired) electrons. The number of hydrogen-bond acceptors (Lipinski definition) is 2. The van der Waals surface area contributed by atoms with E-state index in [0.29, 0.717) is 23.1 Å². The van der Waals surface area contributed by atoms with Crippen LogP contribution in [0.1, 0.15) is 44.2 Å². The number of benzene rings is 1. The Balaban J connectivity index is 2.12. The van der Waals surface area contributed by atoms with E-state index in [1.807, 2.05) is 6.07 Å². The lowest BCUT2D eigenvalue weighted by Gasteiger charge is -2.28. The average Bonchev–Trinajstić information content (AvgIpc) is 2.65. The highest BCUT2D eigenvalue weighted by molar-refractivity contribution is 5.79. The minimum absolute atomic E-state index is 0.214. The number of nitrogens with two attached hydrogens (primary N) is 1. The lowest BCUT2D eigenvalue weighted by Crippen LogP contribution is -2.19. The molecule has 3 rings (SSSR count). The van der Waals surface area contributed by atoms with Gasteiger partial charge < -0.3 is 10.3 Å². The number of rotatable bonds is 1. The summed E-state index contributed by atoms with van der Waals surface area (Å²) in [5.74, 6) is 1.02. The molecule has 3 nitrogen and oxygen atoms in total. The summed E-state index contributed by atoms with van der Waals surface area (Å²) >= 11 is 0. The van der Waals surface area contributed by atoms with E-state index in [-0.39, 0.29) is 5.82 Å². The Hall–Kier alpha value is -1.58. The zero-order valence-corrected chi connectivity index (χ0v) is 11.5. The second kappa shape index (κ2) is 4.51. The molecule has 4 heteroatoms. The van der Waals surface area contributed by atoms with E-state index in [2.05, 4.69) is 16.5 Å². The van der Waals surface area contributed by atoms with Crippen LogP contribution < -0.4 is 5.73 Å². The highest BCUT2D eigenvalue weighted by Gasteiger charge is 2.24. The van der Waals surface area contributed by atoms with Crippen LogP contribution in [0.15, 0.2) is 12.1 Å². The van der Waals surface area contributed by atoms with Gasteiger partial charge in [0.05, 0.1) is 11.0 Å². The van der Waals surface area contributed by atoms with Crippen molar-refractivity contribution in [3.05, 3.63) is 23.5 Å². The van der Waals surface area contributed by atoms with E-state index >= 15 is 0 Å². The molecule has 1 fully saturated rings. The average molecular weight is 261 g/mol. The number of imidazole rings is 1. The first kappa shape index (κ1) is 12.5. The fraction of sp³-hybridized carbons (Fsp3) is 0.533. The predicted molar refractivity (Wildman–Crippen MR) is 75.5 cm³/mol. The summed E-state index contributed by atoms with van der Waals surface area (Å²) in [7, 11) is 0. The van der Waals surface area contributed by atoms with E-state index in [4.69, 9.17) is 5.73 Å². The van der Waals surface area contributed by atoms with Gasteiger partial charge in [0.2, 0.25) is 5.95 Å². The molecule has 0 bridgehead atoms. The van der Waals surface area contributed by atoms with Crippen molar-refractivity contribution in [2.24, 2.45) is 5.92 Å². The van der Waals surface area contributed by atoms with Gasteiger partial charge >= 0.3 is 0 Å². The van der Waals surface area contributed by atoms with Gasteiger partial charge in [-0.2, -0.15) is 0 Å². The minimum atomic E-state index is -0.214. The van der Waals surface area contributed by atoms with Crippen molar-refractivity contribution in [1.29, 1.82) is 0 Å². The normalized spacial score (nSPS) is 23.9. The van der Waals surface area contributed by atoms with Crippen LogP contribution in [0.3, 0.4) is 0 Å². The molecule has 1 aliphatic carbocycles. The van der Waals surface area contributed by atoms with Gasteiger partial charge in [-0.3, -0.25) is 0 Å². The van der Waals surface area contributed by atoms with Gasteiger partial charge in [-0.25, -0.2) is 9.37 Å². The maximum absolute atomic E-state index is 13.6. The highest BCUT2D eigenvalue weighted by atomic mass is 19.1. The van der Waals surface area contributed by atoms with E-state index in [0.717, 1.165) is 24.3 Å². The van der Waals surface area contributed by atoms with E-state index in [1.165, 1.54) is 18.9 Å². The second-order valence-corrected chi connectivity index (χ2v) is 5.86. The molecule has 2 unspecified atom stereocenters. The van der Waals surface area contributed by atoms with E-state index in [1.54, 1.807) is 6.92 Å². The monoisotopic (exact) mass is 261 g/mol. The van der Waals surface area contributed by atoms with Crippen LogP contribution in [0, 0.1) is 18.7 Å². The zero-order valence-electron chi connectivity index (χ0n) is 11.5. The number of halogens is 1. The molecule has 2 atom stereocenters. The van der Waals surface area contributed by atoms with Crippen LogP contribution in [-0.2, 0) is 0 Å². The molecule has 2 N–H and O–H groups in total. The van der Waals surface area contributed by atoms with Crippen LogP contribution in [0.4, 0.5) is 10.3 Å². The van der Waals surface area contributed by atoms with Crippen LogP contribution in [0.5, 0.6) is 0 Å². The summed E-state index contributed by atoms with van der Waals surface area (Å²) in [6.45, 7) is 4.07. The van der Waals surface area contributed by atoms with Crippen LogP contribution >= 0.6 is 0 Å².